The molecule has 0 bridgehead atoms. The Balaban J connectivity index is 1.74. The van der Waals surface area contributed by atoms with E-state index in [9.17, 15) is 8.42 Å². The van der Waals surface area contributed by atoms with Gasteiger partial charge in [0.2, 0.25) is 10.0 Å². The second-order valence-electron chi connectivity index (χ2n) is 6.23. The maximum absolute atomic E-state index is 12.4. The van der Waals surface area contributed by atoms with Gasteiger partial charge in [-0.1, -0.05) is 35.9 Å². The lowest BCUT2D eigenvalue weighted by Gasteiger charge is -2.07. The third-order valence-corrected chi connectivity index (χ3v) is 5.83. The Bertz CT molecular complexity index is 1040. The lowest BCUT2D eigenvalue weighted by atomic mass is 10.1. The van der Waals surface area contributed by atoms with E-state index < -0.39 is 10.0 Å². The van der Waals surface area contributed by atoms with Crippen LogP contribution in [0.5, 0.6) is 0 Å². The highest BCUT2D eigenvalue weighted by Crippen LogP contribution is 2.22. The van der Waals surface area contributed by atoms with E-state index >= 15 is 0 Å². The van der Waals surface area contributed by atoms with E-state index in [2.05, 4.69) is 15.4 Å². The van der Waals surface area contributed by atoms with Gasteiger partial charge >= 0.3 is 0 Å². The summed E-state index contributed by atoms with van der Waals surface area (Å²) in [6.07, 6.45) is 3.05. The van der Waals surface area contributed by atoms with Crippen molar-refractivity contribution >= 4 is 20.9 Å². The summed E-state index contributed by atoms with van der Waals surface area (Å²) >= 11 is 0. The van der Waals surface area contributed by atoms with E-state index in [4.69, 9.17) is 5.26 Å². The molecule has 0 amide bonds. The maximum atomic E-state index is 12.4. The first-order valence-corrected chi connectivity index (χ1v) is 9.99. The zero-order valence-corrected chi connectivity index (χ0v) is 15.5. The molecule has 1 N–H and O–H groups in total. The molecule has 0 fully saturated rings. The lowest BCUT2D eigenvalue weighted by Crippen LogP contribution is -2.25. The van der Waals surface area contributed by atoms with Crippen LogP contribution in [0.15, 0.2) is 59.6 Å². The van der Waals surface area contributed by atoms with Crippen LogP contribution in [0.4, 0.5) is 0 Å². The van der Waals surface area contributed by atoms with Crippen LogP contribution < -0.4 is 4.72 Å². The van der Waals surface area contributed by atoms with E-state index in [1.54, 1.807) is 24.3 Å². The molecule has 0 saturated carbocycles. The third-order valence-electron chi connectivity index (χ3n) is 4.35. The molecule has 2 aromatic carbocycles. The van der Waals surface area contributed by atoms with Gasteiger partial charge in [-0.25, -0.2) is 13.1 Å². The van der Waals surface area contributed by atoms with Crippen molar-refractivity contribution in [3.63, 3.8) is 0 Å². The summed E-state index contributed by atoms with van der Waals surface area (Å²) < 4.78 is 29.5. The molecule has 0 radical (unpaired) electrons. The molecule has 0 saturated heterocycles. The largest absolute Gasteiger partial charge is 0.346 e. The monoisotopic (exact) mass is 367 g/mol. The predicted octanol–water partition coefficient (Wildman–Crippen LogP) is 3.38. The highest BCUT2D eigenvalue weighted by atomic mass is 32.2. The van der Waals surface area contributed by atoms with Gasteiger partial charge in [0.1, 0.15) is 0 Å². The molecule has 0 spiro atoms. The Hall–Kier alpha value is -2.62. The van der Waals surface area contributed by atoms with Crippen molar-refractivity contribution in [3.8, 4) is 6.07 Å². The number of benzene rings is 2. The Kier molecular flexibility index (Phi) is 5.40. The maximum Gasteiger partial charge on any atom is 0.240 e. The van der Waals surface area contributed by atoms with E-state index in [1.165, 1.54) is 0 Å². The number of sulfonamides is 1. The van der Waals surface area contributed by atoms with Crippen LogP contribution >= 0.6 is 0 Å². The van der Waals surface area contributed by atoms with Crippen molar-refractivity contribution in [2.24, 2.45) is 0 Å². The topological polar surface area (TPSA) is 74.9 Å². The third kappa shape index (κ3) is 3.96. The first kappa shape index (κ1) is 18.2. The molecular formula is C20H21N3O2S. The van der Waals surface area contributed by atoms with Crippen LogP contribution in [0, 0.1) is 18.3 Å². The van der Waals surface area contributed by atoms with Crippen molar-refractivity contribution in [1.29, 1.82) is 5.26 Å². The number of rotatable bonds is 7. The summed E-state index contributed by atoms with van der Waals surface area (Å²) in [6.45, 7) is 2.88. The molecule has 0 unspecified atom stereocenters. The molecule has 0 aliphatic carbocycles. The van der Waals surface area contributed by atoms with E-state index in [1.807, 2.05) is 37.4 Å². The van der Waals surface area contributed by atoms with Crippen LogP contribution in [0.2, 0.25) is 0 Å². The summed E-state index contributed by atoms with van der Waals surface area (Å²) in [5.41, 5.74) is 3.17. The van der Waals surface area contributed by atoms with Crippen molar-refractivity contribution < 1.29 is 8.42 Å². The van der Waals surface area contributed by atoms with Gasteiger partial charge in [-0.3, -0.25) is 0 Å². The predicted molar refractivity (Wildman–Crippen MR) is 102 cm³/mol. The Morgan fingerprint density at radius 1 is 1.12 bits per heavy atom. The highest BCUT2D eigenvalue weighted by molar-refractivity contribution is 7.89. The number of nitrogens with zero attached hydrogens (tertiary/aromatic N) is 2. The number of nitrogens with one attached hydrogen (secondary N) is 1. The lowest BCUT2D eigenvalue weighted by molar-refractivity contribution is 0.581. The van der Waals surface area contributed by atoms with E-state index in [0.717, 1.165) is 22.0 Å². The van der Waals surface area contributed by atoms with Gasteiger partial charge in [0, 0.05) is 30.2 Å². The summed E-state index contributed by atoms with van der Waals surface area (Å²) in [4.78, 5) is 0.277. The minimum absolute atomic E-state index is 0.277. The van der Waals surface area contributed by atoms with Gasteiger partial charge in [-0.05, 0) is 37.1 Å². The van der Waals surface area contributed by atoms with Crippen LogP contribution in [0.1, 0.15) is 17.5 Å². The van der Waals surface area contributed by atoms with E-state index in [-0.39, 0.29) is 4.90 Å². The van der Waals surface area contributed by atoms with Crippen LogP contribution in [0.25, 0.3) is 10.9 Å². The molecule has 6 heteroatoms. The van der Waals surface area contributed by atoms with Crippen molar-refractivity contribution in [1.82, 2.24) is 9.29 Å². The fourth-order valence-corrected chi connectivity index (χ4v) is 4.03. The number of fused-ring (bicyclic) bond motifs is 1. The van der Waals surface area contributed by atoms with E-state index in [0.29, 0.717) is 25.9 Å². The zero-order chi connectivity index (χ0) is 18.6. The second kappa shape index (κ2) is 7.73. The van der Waals surface area contributed by atoms with Crippen molar-refractivity contribution in [2.75, 3.05) is 6.54 Å². The molecule has 134 valence electrons. The second-order valence-corrected chi connectivity index (χ2v) is 8.00. The Labute approximate surface area is 153 Å². The number of hydrogen-bond donors (Lipinski definition) is 1. The smallest absolute Gasteiger partial charge is 0.240 e. The molecule has 1 aromatic heterocycles. The summed E-state index contributed by atoms with van der Waals surface area (Å²) in [5.74, 6) is 0. The minimum Gasteiger partial charge on any atom is -0.346 e. The minimum atomic E-state index is -3.51. The van der Waals surface area contributed by atoms with Crippen LogP contribution in [-0.4, -0.2) is 19.5 Å². The Morgan fingerprint density at radius 2 is 1.85 bits per heavy atom. The molecule has 0 aliphatic rings. The van der Waals surface area contributed by atoms with Gasteiger partial charge in [0.25, 0.3) is 0 Å². The first-order chi connectivity index (χ1) is 12.5. The molecular weight excluding hydrogens is 346 g/mol. The van der Waals surface area contributed by atoms with Gasteiger partial charge in [-0.15, -0.1) is 0 Å². The van der Waals surface area contributed by atoms with Crippen LogP contribution in [-0.2, 0) is 23.0 Å². The van der Waals surface area contributed by atoms with Gasteiger partial charge in [-0.2, -0.15) is 5.26 Å². The molecule has 3 rings (SSSR count). The molecule has 0 atom stereocenters. The zero-order valence-electron chi connectivity index (χ0n) is 14.6. The summed E-state index contributed by atoms with van der Waals surface area (Å²) in [6, 6.07) is 17.0. The number of hydrogen-bond acceptors (Lipinski definition) is 3. The summed E-state index contributed by atoms with van der Waals surface area (Å²) in [5, 5.41) is 9.92. The van der Waals surface area contributed by atoms with Crippen LogP contribution in [0.3, 0.4) is 0 Å². The number of para-hydroxylation sites is 1. The summed E-state index contributed by atoms with van der Waals surface area (Å²) in [7, 11) is -3.51. The first-order valence-electron chi connectivity index (χ1n) is 8.51. The normalized spacial score (nSPS) is 11.5. The fourth-order valence-electron chi connectivity index (χ4n) is 3.00. The van der Waals surface area contributed by atoms with Gasteiger partial charge < -0.3 is 4.57 Å². The van der Waals surface area contributed by atoms with Crippen molar-refractivity contribution in [2.45, 2.75) is 31.2 Å². The standard InChI is InChI=1S/C20H21N3O2S/c1-16-7-9-18(10-8-16)26(24,25)22-13-11-17-15-23(14-4-12-21)20-6-3-2-5-19(17)20/h2-3,5-10,15,22H,4,11,13-14H2,1H3. The Morgan fingerprint density at radius 3 is 2.58 bits per heavy atom. The van der Waals surface area contributed by atoms with Gasteiger partial charge in [0.15, 0.2) is 0 Å². The quantitative estimate of drug-likeness (QED) is 0.695. The molecule has 26 heavy (non-hydrogen) atoms. The fraction of sp³-hybridized carbons (Fsp3) is 0.250. The molecule has 0 aliphatic heterocycles. The SMILES string of the molecule is Cc1ccc(S(=O)(=O)NCCc2cn(CCC#N)c3ccccc23)cc1. The van der Waals surface area contributed by atoms with Crippen molar-refractivity contribution in [3.05, 3.63) is 65.9 Å². The number of aromatic nitrogens is 1. The molecule has 5 nitrogen and oxygen atoms in total. The van der Waals surface area contributed by atoms with Gasteiger partial charge in [0.05, 0.1) is 17.4 Å². The average Bonchev–Trinajstić information content (AvgIpc) is 2.98. The number of nitriles is 1. The highest BCUT2D eigenvalue weighted by Gasteiger charge is 2.14. The average molecular weight is 367 g/mol. The molecule has 1 heterocycles. The molecule has 3 aromatic rings. The number of aryl methyl sites for hydroxylation is 2.